The highest BCUT2D eigenvalue weighted by Gasteiger charge is 2.14. The van der Waals surface area contributed by atoms with Crippen LogP contribution in [0.1, 0.15) is 41.7 Å². The van der Waals surface area contributed by atoms with E-state index in [0.717, 1.165) is 6.42 Å². The van der Waals surface area contributed by atoms with Gasteiger partial charge in [0.25, 0.3) is 5.91 Å². The molecule has 0 radical (unpaired) electrons. The Morgan fingerprint density at radius 2 is 2.12 bits per heavy atom. The first-order chi connectivity index (χ1) is 12.6. The average Bonchev–Trinajstić information content (AvgIpc) is 3.35. The third-order valence-corrected chi connectivity index (χ3v) is 5.48. The van der Waals surface area contributed by atoms with Gasteiger partial charge in [0.1, 0.15) is 5.82 Å². The highest BCUT2D eigenvalue weighted by molar-refractivity contribution is 7.14. The van der Waals surface area contributed by atoms with Crippen molar-refractivity contribution in [3.05, 3.63) is 45.7 Å². The summed E-state index contributed by atoms with van der Waals surface area (Å²) in [6.45, 7) is 4.12. The Bertz CT molecular complexity index is 885. The van der Waals surface area contributed by atoms with Gasteiger partial charge in [-0.25, -0.2) is 9.67 Å². The first-order valence-electron chi connectivity index (χ1n) is 8.19. The molecule has 3 aromatic heterocycles. The second kappa shape index (κ2) is 8.24. The molecule has 3 aromatic rings. The lowest BCUT2D eigenvalue weighted by Gasteiger charge is -2.13. The monoisotopic (exact) mass is 389 g/mol. The fourth-order valence-corrected chi connectivity index (χ4v) is 3.63. The van der Waals surface area contributed by atoms with E-state index in [1.807, 2.05) is 18.4 Å². The van der Waals surface area contributed by atoms with Crippen LogP contribution in [0.4, 0.5) is 10.9 Å². The van der Waals surface area contributed by atoms with Gasteiger partial charge in [-0.05, 0) is 24.8 Å². The molecule has 26 heavy (non-hydrogen) atoms. The van der Waals surface area contributed by atoms with E-state index < -0.39 is 0 Å². The van der Waals surface area contributed by atoms with Gasteiger partial charge >= 0.3 is 0 Å². The molecular weight excluding hydrogens is 370 g/mol. The molecule has 0 fully saturated rings. The molecule has 2 amide bonds. The van der Waals surface area contributed by atoms with Crippen LogP contribution >= 0.6 is 22.7 Å². The molecule has 3 heterocycles. The van der Waals surface area contributed by atoms with Gasteiger partial charge in [-0.2, -0.15) is 5.10 Å². The summed E-state index contributed by atoms with van der Waals surface area (Å²) >= 11 is 2.67. The Morgan fingerprint density at radius 3 is 2.85 bits per heavy atom. The zero-order valence-electron chi connectivity index (χ0n) is 14.4. The van der Waals surface area contributed by atoms with Crippen molar-refractivity contribution in [2.24, 2.45) is 0 Å². The van der Waals surface area contributed by atoms with E-state index in [1.54, 1.807) is 28.4 Å². The van der Waals surface area contributed by atoms with Gasteiger partial charge < -0.3 is 5.32 Å². The van der Waals surface area contributed by atoms with Crippen molar-refractivity contribution < 1.29 is 9.59 Å². The molecule has 9 heteroatoms. The van der Waals surface area contributed by atoms with E-state index in [9.17, 15) is 9.59 Å². The largest absolute Gasteiger partial charge is 0.311 e. The Labute approximate surface area is 159 Å². The molecule has 1 atom stereocenters. The molecule has 0 aliphatic carbocycles. The molecule has 0 saturated heterocycles. The van der Waals surface area contributed by atoms with Crippen molar-refractivity contribution in [3.63, 3.8) is 0 Å². The summed E-state index contributed by atoms with van der Waals surface area (Å²) in [5.41, 5.74) is 0.614. The number of rotatable bonds is 7. The number of anilines is 2. The summed E-state index contributed by atoms with van der Waals surface area (Å²) in [6.07, 6.45) is 2.73. The summed E-state index contributed by atoms with van der Waals surface area (Å²) in [5, 5.41) is 14.0. The van der Waals surface area contributed by atoms with Gasteiger partial charge in [0.15, 0.2) is 5.13 Å². The molecule has 7 nitrogen and oxygen atoms in total. The molecule has 0 saturated carbocycles. The minimum atomic E-state index is -0.192. The number of thiazole rings is 1. The minimum Gasteiger partial charge on any atom is -0.311 e. The number of nitrogens with one attached hydrogen (secondary N) is 2. The fourth-order valence-electron chi connectivity index (χ4n) is 2.30. The van der Waals surface area contributed by atoms with Crippen LogP contribution in [0.3, 0.4) is 0 Å². The van der Waals surface area contributed by atoms with Crippen LogP contribution in [0.2, 0.25) is 0 Å². The van der Waals surface area contributed by atoms with Crippen molar-refractivity contribution >= 4 is 45.4 Å². The number of aromatic nitrogens is 3. The molecule has 0 aromatic carbocycles. The van der Waals surface area contributed by atoms with E-state index in [4.69, 9.17) is 0 Å². The van der Waals surface area contributed by atoms with Gasteiger partial charge in [0, 0.05) is 11.4 Å². The minimum absolute atomic E-state index is 0.136. The molecule has 3 rings (SSSR count). The van der Waals surface area contributed by atoms with Crippen LogP contribution in [0, 0.1) is 0 Å². The van der Waals surface area contributed by atoms with Crippen molar-refractivity contribution in [3.8, 4) is 0 Å². The van der Waals surface area contributed by atoms with Crippen LogP contribution in [0.25, 0.3) is 0 Å². The first-order valence-corrected chi connectivity index (χ1v) is 9.95. The van der Waals surface area contributed by atoms with Crippen molar-refractivity contribution in [2.75, 3.05) is 10.6 Å². The number of carbonyl (C=O) groups is 2. The molecule has 2 N–H and O–H groups in total. The lowest BCUT2D eigenvalue weighted by atomic mass is 10.3. The molecule has 0 bridgehead atoms. The Hall–Kier alpha value is -2.52. The predicted octanol–water partition coefficient (Wildman–Crippen LogP) is 3.81. The highest BCUT2D eigenvalue weighted by Crippen LogP contribution is 2.20. The predicted molar refractivity (Wildman–Crippen MR) is 104 cm³/mol. The maximum absolute atomic E-state index is 12.3. The van der Waals surface area contributed by atoms with Gasteiger partial charge in [-0.3, -0.25) is 14.9 Å². The number of carbonyl (C=O) groups excluding carboxylic acids is 2. The van der Waals surface area contributed by atoms with Crippen LogP contribution in [0.15, 0.2) is 35.2 Å². The normalized spacial score (nSPS) is 11.9. The molecule has 0 aliphatic rings. The summed E-state index contributed by atoms with van der Waals surface area (Å²) in [7, 11) is 0. The fraction of sp³-hybridized carbons (Fsp3) is 0.294. The molecule has 0 aliphatic heterocycles. The van der Waals surface area contributed by atoms with Crippen LogP contribution in [-0.2, 0) is 11.2 Å². The summed E-state index contributed by atoms with van der Waals surface area (Å²) in [5.74, 6) is 0.310. The summed E-state index contributed by atoms with van der Waals surface area (Å²) < 4.78 is 1.80. The lowest BCUT2D eigenvalue weighted by Crippen LogP contribution is -2.19. The Kier molecular flexibility index (Phi) is 5.79. The van der Waals surface area contributed by atoms with E-state index in [1.165, 1.54) is 22.7 Å². The maximum atomic E-state index is 12.3. The van der Waals surface area contributed by atoms with Gasteiger partial charge in [0.2, 0.25) is 5.91 Å². The zero-order chi connectivity index (χ0) is 18.5. The Balaban J connectivity index is 1.58. The third kappa shape index (κ3) is 4.36. The number of hydrogen-bond acceptors (Lipinski definition) is 6. The van der Waals surface area contributed by atoms with Crippen LogP contribution < -0.4 is 10.6 Å². The zero-order valence-corrected chi connectivity index (χ0v) is 16.1. The van der Waals surface area contributed by atoms with Crippen molar-refractivity contribution in [1.29, 1.82) is 0 Å². The summed E-state index contributed by atoms with van der Waals surface area (Å²) in [4.78, 5) is 29.2. The summed E-state index contributed by atoms with van der Waals surface area (Å²) in [6, 6.07) is 5.56. The van der Waals surface area contributed by atoms with Crippen molar-refractivity contribution in [1.82, 2.24) is 14.8 Å². The van der Waals surface area contributed by atoms with E-state index in [0.29, 0.717) is 21.5 Å². The number of hydrogen-bond donors (Lipinski definition) is 2. The molecule has 1 unspecified atom stereocenters. The smallest absolute Gasteiger partial charge is 0.267 e. The first kappa shape index (κ1) is 18.3. The number of thiophene rings is 1. The van der Waals surface area contributed by atoms with E-state index in [2.05, 4.69) is 27.6 Å². The second-order valence-corrected chi connectivity index (χ2v) is 7.52. The average molecular weight is 390 g/mol. The molecule has 136 valence electrons. The van der Waals surface area contributed by atoms with Gasteiger partial charge in [-0.15, -0.1) is 22.7 Å². The number of nitrogens with zero attached hydrogens (tertiary/aromatic N) is 3. The molecule has 0 spiro atoms. The topological polar surface area (TPSA) is 88.9 Å². The van der Waals surface area contributed by atoms with Gasteiger partial charge in [-0.1, -0.05) is 13.0 Å². The maximum Gasteiger partial charge on any atom is 0.267 e. The second-order valence-electron chi connectivity index (χ2n) is 5.72. The highest BCUT2D eigenvalue weighted by atomic mass is 32.1. The lowest BCUT2D eigenvalue weighted by molar-refractivity contribution is -0.115. The van der Waals surface area contributed by atoms with E-state index in [-0.39, 0.29) is 24.3 Å². The van der Waals surface area contributed by atoms with Gasteiger partial charge in [0.05, 0.1) is 29.2 Å². The Morgan fingerprint density at radius 1 is 1.27 bits per heavy atom. The molecular formula is C17H19N5O2S2. The standard InChI is InChI=1S/C17H19N5O2S2/c1-3-11(2)22-14(6-7-18-22)20-15(23)9-12-10-26-17(19-12)21-16(24)13-5-4-8-25-13/h4-8,10-11H,3,9H2,1-2H3,(H,20,23)(H,19,21,24). The quantitative estimate of drug-likeness (QED) is 0.643. The third-order valence-electron chi connectivity index (χ3n) is 3.80. The van der Waals surface area contributed by atoms with Crippen LogP contribution in [-0.4, -0.2) is 26.6 Å². The van der Waals surface area contributed by atoms with E-state index >= 15 is 0 Å². The SMILES string of the molecule is CCC(C)n1nccc1NC(=O)Cc1csc(NC(=O)c2cccs2)n1. The number of amides is 2. The van der Waals surface area contributed by atoms with Crippen molar-refractivity contribution in [2.45, 2.75) is 32.7 Å². The van der Waals surface area contributed by atoms with Crippen LogP contribution in [0.5, 0.6) is 0 Å².